The van der Waals surface area contributed by atoms with E-state index in [-0.39, 0.29) is 4.90 Å². The SMILES string of the molecule is Cc1cc(C)c(S(=O)(=O)NCC(=O)N/N=C\c2cccc(Br)c2)c(C)c1. The highest BCUT2D eigenvalue weighted by atomic mass is 79.9. The van der Waals surface area contributed by atoms with Crippen LogP contribution in [0.15, 0.2) is 50.9 Å². The second-order valence-corrected chi connectivity index (χ2v) is 8.52. The number of benzene rings is 2. The summed E-state index contributed by atoms with van der Waals surface area (Å²) in [4.78, 5) is 12.0. The van der Waals surface area contributed by atoms with E-state index in [9.17, 15) is 13.2 Å². The van der Waals surface area contributed by atoms with Crippen molar-refractivity contribution in [2.24, 2.45) is 5.10 Å². The molecule has 2 N–H and O–H groups in total. The molecule has 0 radical (unpaired) electrons. The lowest BCUT2D eigenvalue weighted by Crippen LogP contribution is -2.35. The average Bonchev–Trinajstić information content (AvgIpc) is 2.52. The van der Waals surface area contributed by atoms with Gasteiger partial charge < -0.3 is 0 Å². The lowest BCUT2D eigenvalue weighted by Gasteiger charge is -2.12. The van der Waals surface area contributed by atoms with Gasteiger partial charge in [0.1, 0.15) is 0 Å². The number of hydrazone groups is 1. The number of aryl methyl sites for hydroxylation is 3. The van der Waals surface area contributed by atoms with Crippen molar-refractivity contribution in [3.05, 3.63) is 63.1 Å². The largest absolute Gasteiger partial charge is 0.272 e. The Morgan fingerprint density at radius 1 is 1.15 bits per heavy atom. The van der Waals surface area contributed by atoms with Gasteiger partial charge in [-0.1, -0.05) is 45.8 Å². The first-order valence-electron chi connectivity index (χ1n) is 7.84. The van der Waals surface area contributed by atoms with E-state index in [1.807, 2.05) is 31.2 Å². The van der Waals surface area contributed by atoms with Crippen LogP contribution in [0.5, 0.6) is 0 Å². The molecule has 0 aliphatic rings. The van der Waals surface area contributed by atoms with Gasteiger partial charge in [0.2, 0.25) is 10.0 Å². The number of halogens is 1. The van der Waals surface area contributed by atoms with Crippen molar-refractivity contribution >= 4 is 38.1 Å². The molecule has 6 nitrogen and oxygen atoms in total. The van der Waals surface area contributed by atoms with E-state index < -0.39 is 22.5 Å². The number of nitrogens with zero attached hydrogens (tertiary/aromatic N) is 1. The maximum absolute atomic E-state index is 12.5. The van der Waals surface area contributed by atoms with Gasteiger partial charge in [0.05, 0.1) is 17.7 Å². The summed E-state index contributed by atoms with van der Waals surface area (Å²) in [6, 6.07) is 11.0. The standard InChI is InChI=1S/C18H20BrN3O3S/c1-12-7-13(2)18(14(3)8-12)26(24,25)21-11-17(23)22-20-10-15-5-4-6-16(19)9-15/h4-10,21H,11H2,1-3H3,(H,22,23)/b20-10-. The highest BCUT2D eigenvalue weighted by molar-refractivity contribution is 9.10. The predicted molar refractivity (Wildman–Crippen MR) is 106 cm³/mol. The Balaban J connectivity index is 1.98. The van der Waals surface area contributed by atoms with Crippen LogP contribution in [0.2, 0.25) is 0 Å². The molecule has 0 atom stereocenters. The lowest BCUT2D eigenvalue weighted by atomic mass is 10.1. The molecular formula is C18H20BrN3O3S. The van der Waals surface area contributed by atoms with Gasteiger partial charge in [0.25, 0.3) is 5.91 Å². The maximum atomic E-state index is 12.5. The van der Waals surface area contributed by atoms with Gasteiger partial charge in [-0.15, -0.1) is 0 Å². The maximum Gasteiger partial charge on any atom is 0.255 e. The average molecular weight is 438 g/mol. The highest BCUT2D eigenvalue weighted by Gasteiger charge is 2.20. The van der Waals surface area contributed by atoms with Crippen molar-refractivity contribution in [2.75, 3.05) is 6.54 Å². The summed E-state index contributed by atoms with van der Waals surface area (Å²) in [6.07, 6.45) is 1.48. The zero-order valence-corrected chi connectivity index (χ0v) is 17.1. The third-order valence-corrected chi connectivity index (χ3v) is 5.75. The molecule has 0 aromatic heterocycles. The summed E-state index contributed by atoms with van der Waals surface area (Å²) < 4.78 is 28.2. The molecule has 0 fully saturated rings. The van der Waals surface area contributed by atoms with Crippen molar-refractivity contribution in [2.45, 2.75) is 25.7 Å². The smallest absolute Gasteiger partial charge is 0.255 e. The molecule has 0 saturated carbocycles. The third kappa shape index (κ3) is 5.48. The van der Waals surface area contributed by atoms with Gasteiger partial charge in [-0.3, -0.25) is 4.79 Å². The second-order valence-electron chi connectivity index (χ2n) is 5.90. The first-order chi connectivity index (χ1) is 12.2. The molecule has 0 aliphatic heterocycles. The van der Waals surface area contributed by atoms with E-state index in [0.29, 0.717) is 11.1 Å². The van der Waals surface area contributed by atoms with Gasteiger partial charge in [-0.2, -0.15) is 5.10 Å². The zero-order chi connectivity index (χ0) is 19.3. The van der Waals surface area contributed by atoms with Crippen LogP contribution in [0, 0.1) is 20.8 Å². The normalized spacial score (nSPS) is 11.7. The first-order valence-corrected chi connectivity index (χ1v) is 10.1. The molecule has 0 unspecified atom stereocenters. The molecule has 8 heteroatoms. The Morgan fingerprint density at radius 2 is 1.81 bits per heavy atom. The van der Waals surface area contributed by atoms with Crippen LogP contribution in [-0.4, -0.2) is 27.1 Å². The Bertz CT molecular complexity index is 933. The Hall–Kier alpha value is -2.03. The van der Waals surface area contributed by atoms with Gasteiger partial charge >= 0.3 is 0 Å². The quantitative estimate of drug-likeness (QED) is 0.537. The number of hydrogen-bond acceptors (Lipinski definition) is 4. The van der Waals surface area contributed by atoms with E-state index in [1.54, 1.807) is 26.0 Å². The van der Waals surface area contributed by atoms with Crippen molar-refractivity contribution < 1.29 is 13.2 Å². The number of amides is 1. The summed E-state index contributed by atoms with van der Waals surface area (Å²) in [6.45, 7) is 4.97. The molecule has 138 valence electrons. The molecular weight excluding hydrogens is 418 g/mol. The van der Waals surface area contributed by atoms with Gasteiger partial charge in [-0.25, -0.2) is 18.6 Å². The minimum atomic E-state index is -3.79. The Kier molecular flexibility index (Phi) is 6.69. The Morgan fingerprint density at radius 3 is 2.42 bits per heavy atom. The zero-order valence-electron chi connectivity index (χ0n) is 14.7. The van der Waals surface area contributed by atoms with Crippen LogP contribution < -0.4 is 10.1 Å². The minimum absolute atomic E-state index is 0.202. The molecule has 2 aromatic carbocycles. The number of carbonyl (C=O) groups excluding carboxylic acids is 1. The molecule has 0 saturated heterocycles. The van der Waals surface area contributed by atoms with E-state index in [0.717, 1.165) is 15.6 Å². The van der Waals surface area contributed by atoms with Crippen LogP contribution in [0.3, 0.4) is 0 Å². The molecule has 0 aliphatic carbocycles. The summed E-state index contributed by atoms with van der Waals surface area (Å²) in [5.74, 6) is -0.553. The summed E-state index contributed by atoms with van der Waals surface area (Å²) >= 11 is 3.34. The first kappa shape index (κ1) is 20.3. The fraction of sp³-hybridized carbons (Fsp3) is 0.222. The van der Waals surface area contributed by atoms with Crippen LogP contribution in [0.1, 0.15) is 22.3 Å². The number of hydrogen-bond donors (Lipinski definition) is 2. The summed E-state index contributed by atoms with van der Waals surface area (Å²) in [7, 11) is -3.79. The van der Waals surface area contributed by atoms with E-state index >= 15 is 0 Å². The van der Waals surface area contributed by atoms with Gasteiger partial charge in [-0.05, 0) is 49.6 Å². The monoisotopic (exact) mass is 437 g/mol. The fourth-order valence-corrected chi connectivity index (χ4v) is 4.48. The Labute approximate surface area is 161 Å². The molecule has 2 aromatic rings. The number of sulfonamides is 1. The highest BCUT2D eigenvalue weighted by Crippen LogP contribution is 2.21. The van der Waals surface area contributed by atoms with E-state index in [1.165, 1.54) is 6.21 Å². The third-order valence-electron chi connectivity index (χ3n) is 3.55. The van der Waals surface area contributed by atoms with Crippen molar-refractivity contribution in [1.29, 1.82) is 0 Å². The lowest BCUT2D eigenvalue weighted by molar-refractivity contribution is -0.119. The molecule has 1 amide bonds. The molecule has 0 spiro atoms. The van der Waals surface area contributed by atoms with Crippen LogP contribution in [0.25, 0.3) is 0 Å². The van der Waals surface area contributed by atoms with Crippen molar-refractivity contribution in [1.82, 2.24) is 10.1 Å². The van der Waals surface area contributed by atoms with Gasteiger partial charge in [0.15, 0.2) is 0 Å². The molecule has 26 heavy (non-hydrogen) atoms. The molecule has 0 heterocycles. The van der Waals surface area contributed by atoms with Crippen molar-refractivity contribution in [3.8, 4) is 0 Å². The number of nitrogens with one attached hydrogen (secondary N) is 2. The predicted octanol–water partition coefficient (Wildman–Crippen LogP) is 2.80. The fourth-order valence-electron chi connectivity index (χ4n) is 2.63. The summed E-state index contributed by atoms with van der Waals surface area (Å²) in [5, 5.41) is 3.82. The minimum Gasteiger partial charge on any atom is -0.272 e. The van der Waals surface area contributed by atoms with Crippen LogP contribution >= 0.6 is 15.9 Å². The summed E-state index contributed by atoms with van der Waals surface area (Å²) in [5.41, 5.74) is 5.37. The van der Waals surface area contributed by atoms with Gasteiger partial charge in [0, 0.05) is 4.47 Å². The van der Waals surface area contributed by atoms with Crippen LogP contribution in [0.4, 0.5) is 0 Å². The van der Waals surface area contributed by atoms with E-state index in [4.69, 9.17) is 0 Å². The van der Waals surface area contributed by atoms with Crippen LogP contribution in [-0.2, 0) is 14.8 Å². The molecule has 2 rings (SSSR count). The number of carbonyl (C=O) groups is 1. The second kappa shape index (κ2) is 8.57. The van der Waals surface area contributed by atoms with Crippen molar-refractivity contribution in [3.63, 3.8) is 0 Å². The topological polar surface area (TPSA) is 87.6 Å². The van der Waals surface area contributed by atoms with E-state index in [2.05, 4.69) is 31.2 Å². The molecule has 0 bridgehead atoms. The number of rotatable bonds is 6.